The number of aliphatic hydroxyl groups excluding tert-OH is 1. The lowest BCUT2D eigenvalue weighted by atomic mass is 9.96. The number of benzene rings is 2. The van der Waals surface area contributed by atoms with Crippen molar-refractivity contribution in [3.05, 3.63) is 59.2 Å². The van der Waals surface area contributed by atoms with Gasteiger partial charge in [-0.05, 0) is 17.7 Å². The van der Waals surface area contributed by atoms with Crippen molar-refractivity contribution in [2.24, 2.45) is 0 Å². The van der Waals surface area contributed by atoms with Crippen LogP contribution in [0, 0.1) is 0 Å². The van der Waals surface area contributed by atoms with E-state index >= 15 is 0 Å². The van der Waals surface area contributed by atoms with Crippen molar-refractivity contribution in [2.45, 2.75) is 12.2 Å². The highest BCUT2D eigenvalue weighted by Gasteiger charge is 2.38. The molecule has 0 fully saturated rings. The monoisotopic (exact) mass is 300 g/mol. The van der Waals surface area contributed by atoms with Crippen LogP contribution in [0.25, 0.3) is 0 Å². The predicted molar refractivity (Wildman–Crippen MR) is 79.1 cm³/mol. The molecule has 2 aromatic carbocycles. The lowest BCUT2D eigenvalue weighted by molar-refractivity contribution is -0.0103. The van der Waals surface area contributed by atoms with Crippen LogP contribution in [0.3, 0.4) is 0 Å². The van der Waals surface area contributed by atoms with E-state index in [9.17, 15) is 9.90 Å². The molecule has 0 saturated heterocycles. The molecule has 3 rings (SSSR count). The molecule has 5 heteroatoms. The van der Waals surface area contributed by atoms with E-state index in [-0.39, 0.29) is 0 Å². The van der Waals surface area contributed by atoms with Gasteiger partial charge in [-0.15, -0.1) is 0 Å². The fourth-order valence-electron chi connectivity index (χ4n) is 2.61. The van der Waals surface area contributed by atoms with Crippen LogP contribution in [-0.4, -0.2) is 25.3 Å². The van der Waals surface area contributed by atoms with Crippen LogP contribution in [0.2, 0.25) is 0 Å². The maximum atomic E-state index is 12.0. The lowest BCUT2D eigenvalue weighted by Gasteiger charge is -2.19. The van der Waals surface area contributed by atoms with Gasteiger partial charge in [0.15, 0.2) is 17.6 Å². The fourth-order valence-corrected chi connectivity index (χ4v) is 2.61. The number of hydrogen-bond donors (Lipinski definition) is 1. The summed E-state index contributed by atoms with van der Waals surface area (Å²) < 4.78 is 15.8. The summed E-state index contributed by atoms with van der Waals surface area (Å²) in [4.78, 5) is 12.0. The van der Waals surface area contributed by atoms with E-state index in [4.69, 9.17) is 14.2 Å². The molecule has 1 N–H and O–H groups in total. The van der Waals surface area contributed by atoms with Crippen molar-refractivity contribution in [1.82, 2.24) is 0 Å². The predicted octanol–water partition coefficient (Wildman–Crippen LogP) is 2.65. The number of hydrogen-bond acceptors (Lipinski definition) is 5. The summed E-state index contributed by atoms with van der Waals surface area (Å²) in [5.41, 5.74) is 1.67. The molecular weight excluding hydrogens is 284 g/mol. The molecular formula is C17H16O5. The van der Waals surface area contributed by atoms with Crippen LogP contribution in [0.15, 0.2) is 42.5 Å². The molecule has 0 bridgehead atoms. The first-order chi connectivity index (χ1) is 10.7. The molecule has 0 spiro atoms. The molecule has 0 amide bonds. The van der Waals surface area contributed by atoms with Gasteiger partial charge in [0.05, 0.1) is 19.8 Å². The molecule has 1 heterocycles. The highest BCUT2D eigenvalue weighted by molar-refractivity contribution is 5.95. The topological polar surface area (TPSA) is 65.0 Å². The number of cyclic esters (lactones) is 1. The van der Waals surface area contributed by atoms with Gasteiger partial charge in [-0.3, -0.25) is 0 Å². The van der Waals surface area contributed by atoms with E-state index in [0.717, 1.165) is 0 Å². The van der Waals surface area contributed by atoms with Crippen molar-refractivity contribution in [3.63, 3.8) is 0 Å². The third-order valence-electron chi connectivity index (χ3n) is 3.74. The fraction of sp³-hybridized carbons (Fsp3) is 0.235. The van der Waals surface area contributed by atoms with Crippen molar-refractivity contribution in [2.75, 3.05) is 14.2 Å². The summed E-state index contributed by atoms with van der Waals surface area (Å²) in [6.45, 7) is 0. The van der Waals surface area contributed by atoms with Crippen molar-refractivity contribution in [3.8, 4) is 11.5 Å². The Kier molecular flexibility index (Phi) is 3.73. The van der Waals surface area contributed by atoms with Gasteiger partial charge >= 0.3 is 5.97 Å². The van der Waals surface area contributed by atoms with Gasteiger partial charge in [0.25, 0.3) is 0 Å². The highest BCUT2D eigenvalue weighted by Crippen LogP contribution is 2.43. The molecule has 2 aromatic rings. The molecule has 0 saturated carbocycles. The second kappa shape index (κ2) is 5.69. The van der Waals surface area contributed by atoms with E-state index < -0.39 is 18.2 Å². The molecule has 1 aliphatic rings. The zero-order valence-corrected chi connectivity index (χ0v) is 12.3. The molecule has 2 unspecified atom stereocenters. The number of carbonyl (C=O) groups is 1. The first kappa shape index (κ1) is 14.4. The van der Waals surface area contributed by atoms with Gasteiger partial charge in [0, 0.05) is 5.56 Å². The standard InChI is InChI=1S/C17H16O5/c1-20-13-8-11-12(9-14(13)21-2)17(19)22-16(11)15(18)10-6-4-3-5-7-10/h3-9,15-16,18H,1-2H3. The number of methoxy groups -OCH3 is 2. The smallest absolute Gasteiger partial charge is 0.339 e. The summed E-state index contributed by atoms with van der Waals surface area (Å²) in [6, 6.07) is 12.3. The number of aliphatic hydroxyl groups is 1. The average molecular weight is 300 g/mol. The molecule has 0 aliphatic carbocycles. The maximum Gasteiger partial charge on any atom is 0.339 e. The van der Waals surface area contributed by atoms with E-state index in [1.165, 1.54) is 14.2 Å². The second-order valence-corrected chi connectivity index (χ2v) is 4.98. The van der Waals surface area contributed by atoms with E-state index in [1.54, 1.807) is 24.3 Å². The van der Waals surface area contributed by atoms with Gasteiger partial charge in [0.2, 0.25) is 0 Å². The third-order valence-corrected chi connectivity index (χ3v) is 3.74. The van der Waals surface area contributed by atoms with Crippen LogP contribution in [0.5, 0.6) is 11.5 Å². The van der Waals surface area contributed by atoms with Gasteiger partial charge < -0.3 is 19.3 Å². The maximum absolute atomic E-state index is 12.0. The molecule has 114 valence electrons. The lowest BCUT2D eigenvalue weighted by Crippen LogP contribution is -2.10. The van der Waals surface area contributed by atoms with Crippen molar-refractivity contribution in [1.29, 1.82) is 0 Å². The Morgan fingerprint density at radius 3 is 2.36 bits per heavy atom. The Morgan fingerprint density at radius 2 is 1.73 bits per heavy atom. The Morgan fingerprint density at radius 1 is 1.09 bits per heavy atom. The van der Waals surface area contributed by atoms with E-state index in [0.29, 0.717) is 28.2 Å². The number of carbonyl (C=O) groups excluding carboxylic acids is 1. The Bertz CT molecular complexity index is 696. The summed E-state index contributed by atoms with van der Waals surface area (Å²) >= 11 is 0. The van der Waals surface area contributed by atoms with Crippen LogP contribution < -0.4 is 9.47 Å². The SMILES string of the molecule is COc1cc2c(cc1OC)C(C(O)c1ccccc1)OC2=O. The van der Waals surface area contributed by atoms with E-state index in [1.807, 2.05) is 18.2 Å². The van der Waals surface area contributed by atoms with Gasteiger partial charge in [0.1, 0.15) is 6.10 Å². The van der Waals surface area contributed by atoms with Crippen LogP contribution >= 0.6 is 0 Å². The zero-order chi connectivity index (χ0) is 15.7. The summed E-state index contributed by atoms with van der Waals surface area (Å²) in [5.74, 6) is 0.466. The van der Waals surface area contributed by atoms with Crippen molar-refractivity contribution < 1.29 is 24.1 Å². The largest absolute Gasteiger partial charge is 0.493 e. The summed E-state index contributed by atoms with van der Waals surface area (Å²) in [5, 5.41) is 10.5. The average Bonchev–Trinajstić information content (AvgIpc) is 2.89. The summed E-state index contributed by atoms with van der Waals surface area (Å²) in [7, 11) is 3.02. The minimum atomic E-state index is -0.940. The first-order valence-corrected chi connectivity index (χ1v) is 6.85. The molecule has 22 heavy (non-hydrogen) atoms. The minimum Gasteiger partial charge on any atom is -0.493 e. The normalized spacial score (nSPS) is 17.6. The molecule has 2 atom stereocenters. The molecule has 0 aromatic heterocycles. The quantitative estimate of drug-likeness (QED) is 0.879. The van der Waals surface area contributed by atoms with Crippen molar-refractivity contribution >= 4 is 5.97 Å². The molecule has 5 nitrogen and oxygen atoms in total. The van der Waals surface area contributed by atoms with Gasteiger partial charge in [-0.2, -0.15) is 0 Å². The first-order valence-electron chi connectivity index (χ1n) is 6.85. The van der Waals surface area contributed by atoms with Crippen LogP contribution in [-0.2, 0) is 4.74 Å². The van der Waals surface area contributed by atoms with Gasteiger partial charge in [-0.1, -0.05) is 30.3 Å². The second-order valence-electron chi connectivity index (χ2n) is 4.98. The molecule has 1 aliphatic heterocycles. The Balaban J connectivity index is 2.03. The van der Waals surface area contributed by atoms with E-state index in [2.05, 4.69) is 0 Å². The number of esters is 1. The van der Waals surface area contributed by atoms with Gasteiger partial charge in [-0.25, -0.2) is 4.79 Å². The zero-order valence-electron chi connectivity index (χ0n) is 12.3. The highest BCUT2D eigenvalue weighted by atomic mass is 16.6. The minimum absolute atomic E-state index is 0.387. The third kappa shape index (κ3) is 2.29. The number of ether oxygens (including phenoxy) is 3. The van der Waals surface area contributed by atoms with Crippen LogP contribution in [0.1, 0.15) is 33.7 Å². The van der Waals surface area contributed by atoms with Crippen LogP contribution in [0.4, 0.5) is 0 Å². The number of fused-ring (bicyclic) bond motifs is 1. The summed E-state index contributed by atoms with van der Waals surface area (Å²) in [6.07, 6.45) is -1.70. The Labute approximate surface area is 128 Å². The number of rotatable bonds is 4. The molecule has 0 radical (unpaired) electrons. The Hall–Kier alpha value is -2.53.